The molecular formula is C15H15N3O4S. The van der Waals surface area contributed by atoms with Crippen LogP contribution < -0.4 is 10.4 Å². The summed E-state index contributed by atoms with van der Waals surface area (Å²) in [6.07, 6.45) is 1.60. The van der Waals surface area contributed by atoms with Gasteiger partial charge in [-0.15, -0.1) is 5.10 Å². The zero-order chi connectivity index (χ0) is 16.4. The molecule has 0 amide bonds. The summed E-state index contributed by atoms with van der Waals surface area (Å²) in [6.45, 7) is -0.00508. The Bertz CT molecular complexity index is 987. The molecular weight excluding hydrogens is 318 g/mol. The lowest BCUT2D eigenvalue weighted by Crippen LogP contribution is -2.25. The Kier molecular flexibility index (Phi) is 3.91. The van der Waals surface area contributed by atoms with Crippen molar-refractivity contribution in [3.05, 3.63) is 59.1 Å². The summed E-state index contributed by atoms with van der Waals surface area (Å²) in [5.41, 5.74) is 0.130. The Morgan fingerprint density at radius 1 is 1.13 bits per heavy atom. The van der Waals surface area contributed by atoms with Gasteiger partial charge in [0.05, 0.1) is 24.3 Å². The molecule has 0 spiro atoms. The van der Waals surface area contributed by atoms with Gasteiger partial charge in [-0.3, -0.25) is 4.40 Å². The lowest BCUT2D eigenvalue weighted by atomic mass is 10.3. The van der Waals surface area contributed by atoms with Crippen molar-refractivity contribution >= 4 is 15.5 Å². The summed E-state index contributed by atoms with van der Waals surface area (Å²) >= 11 is 0. The number of fused-ring (bicyclic) bond motifs is 1. The highest BCUT2D eigenvalue weighted by Gasteiger charge is 2.16. The van der Waals surface area contributed by atoms with Crippen LogP contribution in [-0.4, -0.2) is 35.5 Å². The predicted octanol–water partition coefficient (Wildman–Crippen LogP) is 0.979. The van der Waals surface area contributed by atoms with Gasteiger partial charge in [-0.05, 0) is 36.4 Å². The molecule has 0 bridgehead atoms. The number of aromatic nitrogens is 3. The fraction of sp³-hybridized carbons (Fsp3) is 0.200. The van der Waals surface area contributed by atoms with Gasteiger partial charge in [-0.1, -0.05) is 6.07 Å². The van der Waals surface area contributed by atoms with Gasteiger partial charge in [-0.2, -0.15) is 0 Å². The smallest absolute Gasteiger partial charge is 0.350 e. The normalized spacial score (nSPS) is 11.7. The number of ether oxygens (including phenoxy) is 1. The van der Waals surface area contributed by atoms with Crippen molar-refractivity contribution in [1.82, 2.24) is 14.2 Å². The quantitative estimate of drug-likeness (QED) is 0.695. The summed E-state index contributed by atoms with van der Waals surface area (Å²) in [5, 5.41) is 4.12. The van der Waals surface area contributed by atoms with Gasteiger partial charge in [0, 0.05) is 6.20 Å². The van der Waals surface area contributed by atoms with Crippen molar-refractivity contribution < 1.29 is 13.2 Å². The molecule has 0 fully saturated rings. The number of methoxy groups -OCH3 is 1. The monoisotopic (exact) mass is 333 g/mol. The van der Waals surface area contributed by atoms with E-state index in [4.69, 9.17) is 4.74 Å². The van der Waals surface area contributed by atoms with E-state index in [9.17, 15) is 13.2 Å². The zero-order valence-electron chi connectivity index (χ0n) is 12.4. The van der Waals surface area contributed by atoms with E-state index in [1.807, 2.05) is 0 Å². The number of hydrogen-bond donors (Lipinski definition) is 0. The fourth-order valence-corrected chi connectivity index (χ4v) is 3.42. The van der Waals surface area contributed by atoms with Crippen LogP contribution in [0.15, 0.2) is 58.4 Å². The fourth-order valence-electron chi connectivity index (χ4n) is 2.22. The number of sulfone groups is 1. The Balaban J connectivity index is 1.83. The van der Waals surface area contributed by atoms with E-state index < -0.39 is 9.84 Å². The molecule has 0 N–H and O–H groups in total. The maximum absolute atomic E-state index is 12.3. The number of aryl methyl sites for hydroxylation is 1. The van der Waals surface area contributed by atoms with E-state index in [1.54, 1.807) is 36.5 Å². The van der Waals surface area contributed by atoms with E-state index in [0.717, 1.165) is 4.68 Å². The number of nitrogens with zero attached hydrogens (tertiary/aromatic N) is 3. The maximum Gasteiger partial charge on any atom is 0.350 e. The first-order valence-corrected chi connectivity index (χ1v) is 8.57. The molecule has 23 heavy (non-hydrogen) atoms. The largest absolute Gasteiger partial charge is 0.497 e. The minimum Gasteiger partial charge on any atom is -0.497 e. The van der Waals surface area contributed by atoms with Crippen LogP contribution in [0.1, 0.15) is 0 Å². The summed E-state index contributed by atoms with van der Waals surface area (Å²) in [7, 11) is -1.99. The average Bonchev–Trinajstić information content (AvgIpc) is 2.90. The number of rotatable bonds is 5. The van der Waals surface area contributed by atoms with Crippen LogP contribution >= 0.6 is 0 Å². The van der Waals surface area contributed by atoms with Crippen molar-refractivity contribution in [1.29, 1.82) is 0 Å². The zero-order valence-corrected chi connectivity index (χ0v) is 13.2. The molecule has 7 nitrogen and oxygen atoms in total. The van der Waals surface area contributed by atoms with Gasteiger partial charge >= 0.3 is 5.69 Å². The van der Waals surface area contributed by atoms with Gasteiger partial charge in [-0.25, -0.2) is 17.9 Å². The Morgan fingerprint density at radius 2 is 1.87 bits per heavy atom. The van der Waals surface area contributed by atoms with Gasteiger partial charge in [0.25, 0.3) is 0 Å². The first-order valence-electron chi connectivity index (χ1n) is 6.92. The molecule has 3 aromatic rings. The van der Waals surface area contributed by atoms with E-state index >= 15 is 0 Å². The lowest BCUT2D eigenvalue weighted by Gasteiger charge is -2.05. The minimum atomic E-state index is -3.50. The average molecular weight is 333 g/mol. The highest BCUT2D eigenvalue weighted by molar-refractivity contribution is 7.91. The topological polar surface area (TPSA) is 82.7 Å². The Morgan fingerprint density at radius 3 is 2.52 bits per heavy atom. The van der Waals surface area contributed by atoms with Crippen LogP contribution in [0.3, 0.4) is 0 Å². The van der Waals surface area contributed by atoms with Crippen molar-refractivity contribution in [3.63, 3.8) is 0 Å². The van der Waals surface area contributed by atoms with Gasteiger partial charge in [0.1, 0.15) is 5.75 Å². The second-order valence-corrected chi connectivity index (χ2v) is 7.04. The Labute approximate surface area is 132 Å². The number of pyridine rings is 1. The first kappa shape index (κ1) is 15.3. The van der Waals surface area contributed by atoms with Gasteiger partial charge < -0.3 is 4.74 Å². The van der Waals surface area contributed by atoms with Gasteiger partial charge in [0.15, 0.2) is 15.5 Å². The minimum absolute atomic E-state index is 0.00508. The Hall–Kier alpha value is -2.61. The van der Waals surface area contributed by atoms with Crippen LogP contribution in [0.25, 0.3) is 5.65 Å². The second-order valence-electron chi connectivity index (χ2n) is 4.93. The molecule has 0 radical (unpaired) electrons. The van der Waals surface area contributed by atoms with Crippen molar-refractivity contribution in [2.45, 2.75) is 11.4 Å². The predicted molar refractivity (Wildman–Crippen MR) is 84.5 cm³/mol. The van der Waals surface area contributed by atoms with Gasteiger partial charge in [0.2, 0.25) is 0 Å². The van der Waals surface area contributed by atoms with Crippen LogP contribution in [0.2, 0.25) is 0 Å². The summed E-state index contributed by atoms with van der Waals surface area (Å²) in [4.78, 5) is 12.3. The molecule has 1 aromatic carbocycles. The molecule has 0 saturated heterocycles. The van der Waals surface area contributed by atoms with Crippen molar-refractivity contribution in [2.24, 2.45) is 0 Å². The van der Waals surface area contributed by atoms with Crippen molar-refractivity contribution in [2.75, 3.05) is 12.9 Å². The maximum atomic E-state index is 12.3. The summed E-state index contributed by atoms with van der Waals surface area (Å²) in [5.74, 6) is 0.379. The SMILES string of the molecule is COc1ccc(S(=O)(=O)CCn2nc3ccccn3c2=O)cc1. The molecule has 0 atom stereocenters. The highest BCUT2D eigenvalue weighted by Crippen LogP contribution is 2.16. The van der Waals surface area contributed by atoms with E-state index in [0.29, 0.717) is 11.4 Å². The van der Waals surface area contributed by atoms with Crippen LogP contribution in [0.4, 0.5) is 0 Å². The molecule has 0 aliphatic carbocycles. The van der Waals surface area contributed by atoms with E-state index in [2.05, 4.69) is 5.10 Å². The molecule has 2 heterocycles. The van der Waals surface area contributed by atoms with E-state index in [1.165, 1.54) is 23.6 Å². The third kappa shape index (κ3) is 2.98. The summed E-state index contributed by atoms with van der Waals surface area (Å²) in [6, 6.07) is 11.3. The third-order valence-electron chi connectivity index (χ3n) is 3.48. The third-order valence-corrected chi connectivity index (χ3v) is 5.19. The highest BCUT2D eigenvalue weighted by atomic mass is 32.2. The van der Waals surface area contributed by atoms with Crippen LogP contribution in [-0.2, 0) is 16.4 Å². The lowest BCUT2D eigenvalue weighted by molar-refractivity contribution is 0.414. The molecule has 2 aromatic heterocycles. The van der Waals surface area contributed by atoms with Crippen LogP contribution in [0, 0.1) is 0 Å². The number of hydrogen-bond acceptors (Lipinski definition) is 5. The molecule has 120 valence electrons. The number of benzene rings is 1. The molecule has 0 unspecified atom stereocenters. The standard InChI is InChI=1S/C15H15N3O4S/c1-22-12-5-7-13(8-6-12)23(20,21)11-10-18-15(19)17-9-3-2-4-14(17)16-18/h2-9H,10-11H2,1H3. The molecule has 8 heteroatoms. The van der Waals surface area contributed by atoms with E-state index in [-0.39, 0.29) is 22.9 Å². The summed E-state index contributed by atoms with van der Waals surface area (Å²) < 4.78 is 32.2. The molecule has 3 rings (SSSR count). The van der Waals surface area contributed by atoms with Crippen LogP contribution in [0.5, 0.6) is 5.75 Å². The molecule has 0 saturated carbocycles. The second kappa shape index (κ2) is 5.88. The van der Waals surface area contributed by atoms with Crippen molar-refractivity contribution in [3.8, 4) is 5.75 Å². The first-order chi connectivity index (χ1) is 11.0. The molecule has 0 aliphatic heterocycles. The molecule has 0 aliphatic rings.